The minimum atomic E-state index is 0.119. The molecular formula is C18H27NO2. The van der Waals surface area contributed by atoms with Crippen LogP contribution in [0.4, 0.5) is 0 Å². The largest absolute Gasteiger partial charge is 0.392 e. The molecule has 2 saturated carbocycles. The molecule has 1 aromatic rings. The fraction of sp³-hybridized carbons (Fsp3) is 0.667. The maximum absolute atomic E-state index is 9.22. The zero-order chi connectivity index (χ0) is 14.7. The van der Waals surface area contributed by atoms with Gasteiger partial charge in [-0.3, -0.25) is 0 Å². The summed E-state index contributed by atoms with van der Waals surface area (Å²) in [6.07, 6.45) is 6.93. The Morgan fingerprint density at radius 2 is 2.05 bits per heavy atom. The van der Waals surface area contributed by atoms with E-state index in [1.165, 1.54) is 31.2 Å². The summed E-state index contributed by atoms with van der Waals surface area (Å²) in [4.78, 5) is 0. The van der Waals surface area contributed by atoms with Crippen LogP contribution in [0.15, 0.2) is 24.3 Å². The molecule has 0 saturated heterocycles. The first-order chi connectivity index (χ1) is 10.3. The van der Waals surface area contributed by atoms with Gasteiger partial charge in [-0.25, -0.2) is 0 Å². The number of hydrogen-bond donors (Lipinski definition) is 2. The molecule has 3 nitrogen and oxygen atoms in total. The summed E-state index contributed by atoms with van der Waals surface area (Å²) >= 11 is 0. The van der Waals surface area contributed by atoms with Gasteiger partial charge >= 0.3 is 0 Å². The van der Waals surface area contributed by atoms with Gasteiger partial charge in [0.2, 0.25) is 0 Å². The Morgan fingerprint density at radius 1 is 1.29 bits per heavy atom. The summed E-state index contributed by atoms with van der Waals surface area (Å²) < 4.78 is 5.96. The SMILES string of the molecule is CCOC1CC(NCc2cccc(CO)c2)C12CCCC2. The van der Waals surface area contributed by atoms with Gasteiger partial charge in [-0.2, -0.15) is 0 Å². The van der Waals surface area contributed by atoms with Crippen molar-refractivity contribution in [1.82, 2.24) is 5.32 Å². The molecule has 1 aromatic carbocycles. The molecule has 0 heterocycles. The van der Waals surface area contributed by atoms with Crippen molar-refractivity contribution in [3.8, 4) is 0 Å². The Hall–Kier alpha value is -0.900. The van der Waals surface area contributed by atoms with Crippen LogP contribution >= 0.6 is 0 Å². The molecule has 3 rings (SSSR count). The summed E-state index contributed by atoms with van der Waals surface area (Å²) in [6, 6.07) is 8.81. The molecule has 116 valence electrons. The topological polar surface area (TPSA) is 41.5 Å². The molecule has 2 aliphatic rings. The second-order valence-corrected chi connectivity index (χ2v) is 6.53. The first kappa shape index (κ1) is 15.0. The highest BCUT2D eigenvalue weighted by molar-refractivity contribution is 5.23. The van der Waals surface area contributed by atoms with Crippen LogP contribution in [0.25, 0.3) is 0 Å². The second kappa shape index (κ2) is 6.47. The summed E-state index contributed by atoms with van der Waals surface area (Å²) in [6.45, 7) is 3.94. The Kier molecular flexibility index (Phi) is 4.63. The van der Waals surface area contributed by atoms with Crippen molar-refractivity contribution in [3.63, 3.8) is 0 Å². The van der Waals surface area contributed by atoms with Gasteiger partial charge in [0.25, 0.3) is 0 Å². The summed E-state index contributed by atoms with van der Waals surface area (Å²) in [5.74, 6) is 0. The summed E-state index contributed by atoms with van der Waals surface area (Å²) in [5.41, 5.74) is 2.64. The second-order valence-electron chi connectivity index (χ2n) is 6.53. The molecule has 2 fully saturated rings. The fourth-order valence-electron chi connectivity index (χ4n) is 4.25. The number of nitrogens with one attached hydrogen (secondary N) is 1. The lowest BCUT2D eigenvalue weighted by molar-refractivity contribution is -0.130. The predicted molar refractivity (Wildman–Crippen MR) is 83.9 cm³/mol. The van der Waals surface area contributed by atoms with Crippen LogP contribution in [0.2, 0.25) is 0 Å². The van der Waals surface area contributed by atoms with Gasteiger partial charge in [0.15, 0.2) is 0 Å². The number of hydrogen-bond acceptors (Lipinski definition) is 3. The lowest BCUT2D eigenvalue weighted by atomic mass is 9.60. The van der Waals surface area contributed by atoms with Gasteiger partial charge in [0, 0.05) is 24.6 Å². The maximum atomic E-state index is 9.22. The van der Waals surface area contributed by atoms with E-state index < -0.39 is 0 Å². The van der Waals surface area contributed by atoms with Crippen LogP contribution in [0, 0.1) is 5.41 Å². The minimum absolute atomic E-state index is 0.119. The highest BCUT2D eigenvalue weighted by Crippen LogP contribution is 2.54. The van der Waals surface area contributed by atoms with Crippen LogP contribution in [-0.2, 0) is 17.9 Å². The third-order valence-electron chi connectivity index (χ3n) is 5.41. The number of aliphatic hydroxyl groups is 1. The Morgan fingerprint density at radius 3 is 2.76 bits per heavy atom. The number of aliphatic hydroxyl groups excluding tert-OH is 1. The number of ether oxygens (including phenoxy) is 1. The average molecular weight is 289 g/mol. The molecule has 21 heavy (non-hydrogen) atoms. The molecule has 3 heteroatoms. The third-order valence-corrected chi connectivity index (χ3v) is 5.41. The summed E-state index contributed by atoms with van der Waals surface area (Å²) in [5, 5.41) is 13.0. The van der Waals surface area contributed by atoms with Gasteiger partial charge < -0.3 is 15.2 Å². The van der Waals surface area contributed by atoms with E-state index in [1.807, 2.05) is 12.1 Å². The van der Waals surface area contributed by atoms with Crippen molar-refractivity contribution in [3.05, 3.63) is 35.4 Å². The number of rotatable bonds is 6. The molecule has 0 amide bonds. The fourth-order valence-corrected chi connectivity index (χ4v) is 4.25. The maximum Gasteiger partial charge on any atom is 0.0681 e. The van der Waals surface area contributed by atoms with E-state index in [0.717, 1.165) is 25.1 Å². The lowest BCUT2D eigenvalue weighted by Crippen LogP contribution is -2.62. The lowest BCUT2D eigenvalue weighted by Gasteiger charge is -2.54. The Balaban J connectivity index is 1.60. The highest BCUT2D eigenvalue weighted by Gasteiger charge is 2.56. The Labute approximate surface area is 127 Å². The molecular weight excluding hydrogens is 262 g/mol. The summed E-state index contributed by atoms with van der Waals surface area (Å²) in [7, 11) is 0. The van der Waals surface area contributed by atoms with Crippen molar-refractivity contribution in [2.24, 2.45) is 5.41 Å². The molecule has 0 bridgehead atoms. The normalized spacial score (nSPS) is 27.0. The third kappa shape index (κ3) is 2.87. The van der Waals surface area contributed by atoms with E-state index in [0.29, 0.717) is 17.6 Å². The van der Waals surface area contributed by atoms with Gasteiger partial charge in [-0.15, -0.1) is 0 Å². The first-order valence-electron chi connectivity index (χ1n) is 8.32. The highest BCUT2D eigenvalue weighted by atomic mass is 16.5. The average Bonchev–Trinajstić information content (AvgIpc) is 3.03. The Bertz CT molecular complexity index is 468. The molecule has 2 unspecified atom stereocenters. The van der Waals surface area contributed by atoms with Crippen molar-refractivity contribution in [1.29, 1.82) is 0 Å². The van der Waals surface area contributed by atoms with Gasteiger partial charge in [0.1, 0.15) is 0 Å². The van der Waals surface area contributed by atoms with Crippen LogP contribution in [-0.4, -0.2) is 23.9 Å². The van der Waals surface area contributed by atoms with E-state index in [4.69, 9.17) is 4.74 Å². The molecule has 2 N–H and O–H groups in total. The number of benzene rings is 1. The molecule has 0 radical (unpaired) electrons. The van der Waals surface area contributed by atoms with E-state index in [1.54, 1.807) is 0 Å². The van der Waals surface area contributed by atoms with Crippen LogP contribution in [0.1, 0.15) is 50.2 Å². The van der Waals surface area contributed by atoms with Gasteiger partial charge in [-0.1, -0.05) is 37.1 Å². The van der Waals surface area contributed by atoms with Gasteiger partial charge in [-0.05, 0) is 37.3 Å². The van der Waals surface area contributed by atoms with Gasteiger partial charge in [0.05, 0.1) is 12.7 Å². The van der Waals surface area contributed by atoms with Crippen LogP contribution in [0.3, 0.4) is 0 Å². The smallest absolute Gasteiger partial charge is 0.0681 e. The first-order valence-corrected chi connectivity index (χ1v) is 8.32. The van der Waals surface area contributed by atoms with Crippen molar-refractivity contribution in [2.45, 2.75) is 64.3 Å². The van der Waals surface area contributed by atoms with E-state index in [9.17, 15) is 5.11 Å². The quantitative estimate of drug-likeness (QED) is 0.846. The molecule has 2 aliphatic carbocycles. The molecule has 2 atom stereocenters. The van der Waals surface area contributed by atoms with Crippen molar-refractivity contribution >= 4 is 0 Å². The van der Waals surface area contributed by atoms with E-state index in [2.05, 4.69) is 24.4 Å². The van der Waals surface area contributed by atoms with Crippen LogP contribution < -0.4 is 5.32 Å². The zero-order valence-corrected chi connectivity index (χ0v) is 13.0. The van der Waals surface area contributed by atoms with Crippen molar-refractivity contribution in [2.75, 3.05) is 6.61 Å². The predicted octanol–water partition coefficient (Wildman–Crippen LogP) is 3.01. The molecule has 0 aliphatic heterocycles. The standard InChI is InChI=1S/C18H27NO2/c1-2-21-17-11-16(18(17)8-3-4-9-18)19-12-14-6-5-7-15(10-14)13-20/h5-7,10,16-17,19-20H,2-4,8-9,11-13H2,1H3. The van der Waals surface area contributed by atoms with E-state index in [-0.39, 0.29) is 6.61 Å². The molecule has 1 spiro atoms. The van der Waals surface area contributed by atoms with E-state index >= 15 is 0 Å². The molecule has 0 aromatic heterocycles. The monoisotopic (exact) mass is 289 g/mol. The zero-order valence-electron chi connectivity index (χ0n) is 13.0. The minimum Gasteiger partial charge on any atom is -0.392 e. The van der Waals surface area contributed by atoms with Crippen molar-refractivity contribution < 1.29 is 9.84 Å². The van der Waals surface area contributed by atoms with Crippen LogP contribution in [0.5, 0.6) is 0 Å².